The molecule has 0 heterocycles. The molecule has 1 aromatic carbocycles. The maximum atomic E-state index is 5.91. The number of halogens is 1. The molecule has 0 amide bonds. The van der Waals surface area contributed by atoms with Gasteiger partial charge in [-0.25, -0.2) is 0 Å². The van der Waals surface area contributed by atoms with Crippen LogP contribution in [0.2, 0.25) is 0 Å². The van der Waals surface area contributed by atoms with Gasteiger partial charge in [-0.1, -0.05) is 18.2 Å². The molecule has 16 heavy (non-hydrogen) atoms. The Morgan fingerprint density at radius 3 is 2.62 bits per heavy atom. The molecule has 90 valence electrons. The van der Waals surface area contributed by atoms with Crippen LogP contribution in [0.5, 0.6) is 5.75 Å². The van der Waals surface area contributed by atoms with Crippen LogP contribution in [-0.2, 0) is 0 Å². The van der Waals surface area contributed by atoms with Gasteiger partial charge in [-0.05, 0) is 32.5 Å². The minimum absolute atomic E-state index is 0.208. The zero-order valence-electron chi connectivity index (χ0n) is 10.0. The number of ether oxygens (including phenoxy) is 1. The second kappa shape index (κ2) is 7.53. The molecule has 0 radical (unpaired) electrons. The maximum absolute atomic E-state index is 5.91. The van der Waals surface area contributed by atoms with Crippen molar-refractivity contribution in [2.75, 3.05) is 26.7 Å². The molecule has 0 fully saturated rings. The van der Waals surface area contributed by atoms with E-state index in [1.807, 2.05) is 37.3 Å². The predicted molar refractivity (Wildman–Crippen MR) is 69.4 cm³/mol. The van der Waals surface area contributed by atoms with Gasteiger partial charge in [0.15, 0.2) is 0 Å². The van der Waals surface area contributed by atoms with E-state index in [-0.39, 0.29) is 5.38 Å². The van der Waals surface area contributed by atoms with Crippen LogP contribution in [0.3, 0.4) is 0 Å². The SMILES string of the molecule is CC(Cl)CN(C)CCCOc1ccccc1. The van der Waals surface area contributed by atoms with Crippen molar-refractivity contribution in [3.05, 3.63) is 30.3 Å². The van der Waals surface area contributed by atoms with Crippen LogP contribution in [0.15, 0.2) is 30.3 Å². The van der Waals surface area contributed by atoms with Gasteiger partial charge < -0.3 is 9.64 Å². The van der Waals surface area contributed by atoms with E-state index in [1.54, 1.807) is 0 Å². The second-order valence-corrected chi connectivity index (χ2v) is 4.80. The van der Waals surface area contributed by atoms with E-state index >= 15 is 0 Å². The Hall–Kier alpha value is -0.730. The fourth-order valence-corrected chi connectivity index (χ4v) is 1.80. The minimum Gasteiger partial charge on any atom is -0.494 e. The molecule has 0 aromatic heterocycles. The molecule has 0 bridgehead atoms. The summed E-state index contributed by atoms with van der Waals surface area (Å²) >= 11 is 5.91. The van der Waals surface area contributed by atoms with Gasteiger partial charge in [0.1, 0.15) is 5.75 Å². The van der Waals surface area contributed by atoms with E-state index in [4.69, 9.17) is 16.3 Å². The quantitative estimate of drug-likeness (QED) is 0.538. The summed E-state index contributed by atoms with van der Waals surface area (Å²) in [5.74, 6) is 0.941. The largest absolute Gasteiger partial charge is 0.494 e. The van der Waals surface area contributed by atoms with Gasteiger partial charge in [-0.15, -0.1) is 11.6 Å². The molecule has 1 aromatic rings. The fourth-order valence-electron chi connectivity index (χ4n) is 1.56. The van der Waals surface area contributed by atoms with Crippen LogP contribution in [0.1, 0.15) is 13.3 Å². The molecule has 0 aliphatic carbocycles. The molecule has 0 aliphatic heterocycles. The molecule has 1 rings (SSSR count). The average Bonchev–Trinajstić information content (AvgIpc) is 2.25. The zero-order valence-corrected chi connectivity index (χ0v) is 10.8. The van der Waals surface area contributed by atoms with Crippen LogP contribution < -0.4 is 4.74 Å². The minimum atomic E-state index is 0.208. The number of hydrogen-bond acceptors (Lipinski definition) is 2. The van der Waals surface area contributed by atoms with Crippen LogP contribution in [0.4, 0.5) is 0 Å². The third-order valence-electron chi connectivity index (χ3n) is 2.26. The number of nitrogens with zero attached hydrogens (tertiary/aromatic N) is 1. The van der Waals surface area contributed by atoms with Gasteiger partial charge in [0.05, 0.1) is 6.61 Å². The molecule has 2 nitrogen and oxygen atoms in total. The van der Waals surface area contributed by atoms with Crippen molar-refractivity contribution in [3.63, 3.8) is 0 Å². The molecular formula is C13H20ClNO. The Labute approximate surface area is 103 Å². The summed E-state index contributed by atoms with van der Waals surface area (Å²) in [6.07, 6.45) is 1.02. The van der Waals surface area contributed by atoms with Crippen molar-refractivity contribution < 1.29 is 4.74 Å². The average molecular weight is 242 g/mol. The Balaban J connectivity index is 2.08. The van der Waals surface area contributed by atoms with Crippen LogP contribution in [0, 0.1) is 0 Å². The van der Waals surface area contributed by atoms with E-state index < -0.39 is 0 Å². The summed E-state index contributed by atoms with van der Waals surface area (Å²) in [4.78, 5) is 2.23. The van der Waals surface area contributed by atoms with Crippen molar-refractivity contribution >= 4 is 11.6 Å². The molecule has 0 saturated heterocycles. The smallest absolute Gasteiger partial charge is 0.119 e. The number of para-hydroxylation sites is 1. The third kappa shape index (κ3) is 5.99. The summed E-state index contributed by atoms with van der Waals surface area (Å²) in [7, 11) is 2.08. The zero-order chi connectivity index (χ0) is 11.8. The van der Waals surface area contributed by atoms with E-state index in [0.29, 0.717) is 0 Å². The first-order chi connectivity index (χ1) is 7.68. The number of rotatable bonds is 7. The van der Waals surface area contributed by atoms with Crippen molar-refractivity contribution in [3.8, 4) is 5.75 Å². The Bertz CT molecular complexity index is 277. The lowest BCUT2D eigenvalue weighted by molar-refractivity contribution is 0.263. The predicted octanol–water partition coefficient (Wildman–Crippen LogP) is 3.01. The van der Waals surface area contributed by atoms with Gasteiger partial charge in [0.25, 0.3) is 0 Å². The summed E-state index contributed by atoms with van der Waals surface area (Å²) in [6.45, 7) is 4.71. The second-order valence-electron chi connectivity index (χ2n) is 4.06. The highest BCUT2D eigenvalue weighted by Gasteiger charge is 2.02. The lowest BCUT2D eigenvalue weighted by Crippen LogP contribution is -2.26. The Morgan fingerprint density at radius 2 is 2.00 bits per heavy atom. The van der Waals surface area contributed by atoms with E-state index in [1.165, 1.54) is 0 Å². The third-order valence-corrected chi connectivity index (χ3v) is 2.40. The highest BCUT2D eigenvalue weighted by atomic mass is 35.5. The molecule has 0 saturated carbocycles. The van der Waals surface area contributed by atoms with Crippen LogP contribution >= 0.6 is 11.6 Å². The Kier molecular flexibility index (Phi) is 6.27. The van der Waals surface area contributed by atoms with Gasteiger partial charge in [0.2, 0.25) is 0 Å². The fraction of sp³-hybridized carbons (Fsp3) is 0.538. The summed E-state index contributed by atoms with van der Waals surface area (Å²) < 4.78 is 5.60. The number of alkyl halides is 1. The topological polar surface area (TPSA) is 12.5 Å². The van der Waals surface area contributed by atoms with Gasteiger partial charge in [-0.2, -0.15) is 0 Å². The van der Waals surface area contributed by atoms with Crippen molar-refractivity contribution in [2.45, 2.75) is 18.7 Å². The van der Waals surface area contributed by atoms with Gasteiger partial charge in [0, 0.05) is 18.5 Å². The normalized spacial score (nSPS) is 12.8. The van der Waals surface area contributed by atoms with Gasteiger partial charge >= 0.3 is 0 Å². The first-order valence-corrected chi connectivity index (χ1v) is 6.12. The molecule has 3 heteroatoms. The highest BCUT2D eigenvalue weighted by Crippen LogP contribution is 2.08. The first kappa shape index (κ1) is 13.3. The van der Waals surface area contributed by atoms with E-state index in [0.717, 1.165) is 31.9 Å². The first-order valence-electron chi connectivity index (χ1n) is 5.69. The standard InChI is InChI=1S/C13H20ClNO/c1-12(14)11-15(2)9-6-10-16-13-7-4-3-5-8-13/h3-5,7-8,12H,6,9-11H2,1-2H3. The number of benzene rings is 1. The van der Waals surface area contributed by atoms with Crippen molar-refractivity contribution in [1.82, 2.24) is 4.90 Å². The summed E-state index contributed by atoms with van der Waals surface area (Å²) in [5.41, 5.74) is 0. The van der Waals surface area contributed by atoms with E-state index in [2.05, 4.69) is 11.9 Å². The van der Waals surface area contributed by atoms with Crippen molar-refractivity contribution in [1.29, 1.82) is 0 Å². The molecule has 1 unspecified atom stereocenters. The highest BCUT2D eigenvalue weighted by molar-refractivity contribution is 6.20. The Morgan fingerprint density at radius 1 is 1.31 bits per heavy atom. The molecule has 0 N–H and O–H groups in total. The molecule has 0 aliphatic rings. The molecule has 0 spiro atoms. The van der Waals surface area contributed by atoms with Crippen LogP contribution in [-0.4, -0.2) is 37.0 Å². The lowest BCUT2D eigenvalue weighted by atomic mass is 10.3. The van der Waals surface area contributed by atoms with E-state index in [9.17, 15) is 0 Å². The lowest BCUT2D eigenvalue weighted by Gasteiger charge is -2.17. The van der Waals surface area contributed by atoms with Gasteiger partial charge in [-0.3, -0.25) is 0 Å². The maximum Gasteiger partial charge on any atom is 0.119 e. The van der Waals surface area contributed by atoms with Crippen LogP contribution in [0.25, 0.3) is 0 Å². The van der Waals surface area contributed by atoms with Crippen molar-refractivity contribution in [2.24, 2.45) is 0 Å². The monoisotopic (exact) mass is 241 g/mol. The molecular weight excluding hydrogens is 222 g/mol. The summed E-state index contributed by atoms with van der Waals surface area (Å²) in [6, 6.07) is 9.91. The molecule has 1 atom stereocenters. The number of hydrogen-bond donors (Lipinski definition) is 0. The summed E-state index contributed by atoms with van der Waals surface area (Å²) in [5, 5.41) is 0.208.